The number of methoxy groups -OCH3 is 1. The van der Waals surface area contributed by atoms with Gasteiger partial charge in [-0.2, -0.15) is 0 Å². The topological polar surface area (TPSA) is 56.8 Å². The summed E-state index contributed by atoms with van der Waals surface area (Å²) in [6, 6.07) is 23.0. The molecule has 3 rings (SSSR count). The van der Waals surface area contributed by atoms with Crippen molar-refractivity contribution in [1.29, 1.82) is 0 Å². The molecule has 0 heterocycles. The Bertz CT molecular complexity index is 929. The standard InChI is InChI=1S/C23H22BrNO4/c1-27-13-14-28-20-10-8-19(9-11-20)25-23(26)16-29-22-12-7-18(15-21(22)24)17-5-3-2-4-6-17/h2-12,15H,13-14,16H2,1H3,(H,25,26). The van der Waals surface area contributed by atoms with Crippen LogP contribution in [-0.2, 0) is 9.53 Å². The van der Waals surface area contributed by atoms with Crippen LogP contribution in [0.15, 0.2) is 77.3 Å². The SMILES string of the molecule is COCCOc1ccc(NC(=O)COc2ccc(-c3ccccc3)cc2Br)cc1. The van der Waals surface area contributed by atoms with Crippen molar-refractivity contribution in [2.75, 3.05) is 32.2 Å². The van der Waals surface area contributed by atoms with Crippen molar-refractivity contribution < 1.29 is 19.0 Å². The Hall–Kier alpha value is -2.83. The Morgan fingerprint density at radius 1 is 0.897 bits per heavy atom. The summed E-state index contributed by atoms with van der Waals surface area (Å²) in [5.74, 6) is 1.09. The molecule has 0 aliphatic heterocycles. The average Bonchev–Trinajstić information content (AvgIpc) is 2.75. The van der Waals surface area contributed by atoms with Gasteiger partial charge in [0.15, 0.2) is 6.61 Å². The van der Waals surface area contributed by atoms with Crippen molar-refractivity contribution in [1.82, 2.24) is 0 Å². The van der Waals surface area contributed by atoms with Gasteiger partial charge in [-0.3, -0.25) is 4.79 Å². The van der Waals surface area contributed by atoms with E-state index in [1.807, 2.05) is 48.5 Å². The molecule has 0 aromatic heterocycles. The lowest BCUT2D eigenvalue weighted by molar-refractivity contribution is -0.118. The first kappa shape index (κ1) is 20.9. The van der Waals surface area contributed by atoms with E-state index in [4.69, 9.17) is 14.2 Å². The van der Waals surface area contributed by atoms with Gasteiger partial charge in [-0.05, 0) is 63.5 Å². The molecule has 0 aliphatic rings. The van der Waals surface area contributed by atoms with Gasteiger partial charge in [0.2, 0.25) is 0 Å². The molecule has 1 N–H and O–H groups in total. The number of nitrogens with one attached hydrogen (secondary N) is 1. The molecule has 5 nitrogen and oxygen atoms in total. The van der Waals surface area contributed by atoms with Gasteiger partial charge in [0.05, 0.1) is 11.1 Å². The van der Waals surface area contributed by atoms with E-state index in [0.29, 0.717) is 24.7 Å². The molecule has 0 unspecified atom stereocenters. The van der Waals surface area contributed by atoms with E-state index in [0.717, 1.165) is 21.3 Å². The molecule has 0 saturated heterocycles. The number of carbonyl (C=O) groups excluding carboxylic acids is 1. The lowest BCUT2D eigenvalue weighted by atomic mass is 10.1. The van der Waals surface area contributed by atoms with Crippen LogP contribution in [0, 0.1) is 0 Å². The van der Waals surface area contributed by atoms with E-state index in [1.54, 1.807) is 31.4 Å². The molecule has 0 spiro atoms. The minimum atomic E-state index is -0.239. The molecule has 150 valence electrons. The Balaban J connectivity index is 1.51. The highest BCUT2D eigenvalue weighted by Gasteiger charge is 2.08. The van der Waals surface area contributed by atoms with Crippen molar-refractivity contribution in [3.63, 3.8) is 0 Å². The Morgan fingerprint density at radius 3 is 2.34 bits per heavy atom. The Morgan fingerprint density at radius 2 is 1.66 bits per heavy atom. The number of halogens is 1. The zero-order valence-electron chi connectivity index (χ0n) is 16.1. The number of benzene rings is 3. The van der Waals surface area contributed by atoms with Gasteiger partial charge < -0.3 is 19.5 Å². The molecule has 0 saturated carbocycles. The molecule has 0 radical (unpaired) electrons. The van der Waals surface area contributed by atoms with Gasteiger partial charge in [-0.1, -0.05) is 36.4 Å². The molecule has 3 aromatic carbocycles. The van der Waals surface area contributed by atoms with Crippen molar-refractivity contribution in [2.24, 2.45) is 0 Å². The summed E-state index contributed by atoms with van der Waals surface area (Å²) in [5, 5.41) is 2.80. The van der Waals surface area contributed by atoms with Gasteiger partial charge in [-0.25, -0.2) is 0 Å². The molecule has 0 bridgehead atoms. The fourth-order valence-corrected chi connectivity index (χ4v) is 3.14. The van der Waals surface area contributed by atoms with Crippen LogP contribution in [0.1, 0.15) is 0 Å². The van der Waals surface area contributed by atoms with Crippen molar-refractivity contribution in [2.45, 2.75) is 0 Å². The van der Waals surface area contributed by atoms with Crippen LogP contribution in [0.5, 0.6) is 11.5 Å². The van der Waals surface area contributed by atoms with Gasteiger partial charge in [0.1, 0.15) is 18.1 Å². The van der Waals surface area contributed by atoms with Gasteiger partial charge in [0.25, 0.3) is 5.91 Å². The average molecular weight is 456 g/mol. The third-order valence-corrected chi connectivity index (χ3v) is 4.71. The number of anilines is 1. The van der Waals surface area contributed by atoms with Crippen LogP contribution in [-0.4, -0.2) is 32.8 Å². The first-order valence-corrected chi connectivity index (χ1v) is 9.94. The predicted octanol–water partition coefficient (Wildman–Crippen LogP) is 5.16. The summed E-state index contributed by atoms with van der Waals surface area (Å²) >= 11 is 3.52. The Labute approximate surface area is 178 Å². The lowest BCUT2D eigenvalue weighted by Crippen LogP contribution is -2.20. The van der Waals surface area contributed by atoms with Crippen molar-refractivity contribution >= 4 is 27.5 Å². The minimum absolute atomic E-state index is 0.0879. The van der Waals surface area contributed by atoms with Crippen LogP contribution in [0.3, 0.4) is 0 Å². The fraction of sp³-hybridized carbons (Fsp3) is 0.174. The molecular weight excluding hydrogens is 434 g/mol. The van der Waals surface area contributed by atoms with E-state index in [9.17, 15) is 4.79 Å². The van der Waals surface area contributed by atoms with E-state index in [-0.39, 0.29) is 12.5 Å². The second-order valence-electron chi connectivity index (χ2n) is 6.21. The highest BCUT2D eigenvalue weighted by molar-refractivity contribution is 9.10. The largest absolute Gasteiger partial charge is 0.491 e. The van der Waals surface area contributed by atoms with Gasteiger partial charge >= 0.3 is 0 Å². The van der Waals surface area contributed by atoms with Crippen molar-refractivity contribution in [3.8, 4) is 22.6 Å². The zero-order valence-corrected chi connectivity index (χ0v) is 17.6. The summed E-state index contributed by atoms with van der Waals surface area (Å²) in [6.45, 7) is 0.918. The van der Waals surface area contributed by atoms with Gasteiger partial charge in [-0.15, -0.1) is 0 Å². The second kappa shape index (κ2) is 10.6. The molecule has 0 fully saturated rings. The van der Waals surface area contributed by atoms with Crippen LogP contribution in [0.25, 0.3) is 11.1 Å². The summed E-state index contributed by atoms with van der Waals surface area (Å²) in [5.41, 5.74) is 2.87. The van der Waals surface area contributed by atoms with E-state index >= 15 is 0 Å². The van der Waals surface area contributed by atoms with Crippen LogP contribution >= 0.6 is 15.9 Å². The zero-order chi connectivity index (χ0) is 20.5. The molecule has 0 atom stereocenters. The van der Waals surface area contributed by atoms with Gasteiger partial charge in [0, 0.05) is 12.8 Å². The highest BCUT2D eigenvalue weighted by atomic mass is 79.9. The maximum absolute atomic E-state index is 12.2. The summed E-state index contributed by atoms with van der Waals surface area (Å²) in [6.07, 6.45) is 0. The number of carbonyl (C=O) groups is 1. The first-order chi connectivity index (χ1) is 14.2. The van der Waals surface area contributed by atoms with Crippen LogP contribution in [0.2, 0.25) is 0 Å². The van der Waals surface area contributed by atoms with E-state index < -0.39 is 0 Å². The summed E-state index contributed by atoms with van der Waals surface area (Å²) in [7, 11) is 1.63. The number of rotatable bonds is 9. The third kappa shape index (κ3) is 6.34. The molecule has 0 aliphatic carbocycles. The van der Waals surface area contributed by atoms with E-state index in [1.165, 1.54) is 0 Å². The number of hydrogen-bond donors (Lipinski definition) is 1. The normalized spacial score (nSPS) is 10.4. The Kier molecular flexibility index (Phi) is 7.67. The molecule has 29 heavy (non-hydrogen) atoms. The molecule has 6 heteroatoms. The van der Waals surface area contributed by atoms with E-state index in [2.05, 4.69) is 21.2 Å². The molecule has 3 aromatic rings. The fourth-order valence-electron chi connectivity index (χ4n) is 2.65. The maximum atomic E-state index is 12.2. The summed E-state index contributed by atoms with van der Waals surface area (Å²) < 4.78 is 16.9. The predicted molar refractivity (Wildman–Crippen MR) is 118 cm³/mol. The lowest BCUT2D eigenvalue weighted by Gasteiger charge is -2.11. The molecule has 1 amide bonds. The minimum Gasteiger partial charge on any atom is -0.491 e. The maximum Gasteiger partial charge on any atom is 0.262 e. The van der Waals surface area contributed by atoms with Crippen LogP contribution < -0.4 is 14.8 Å². The summed E-state index contributed by atoms with van der Waals surface area (Å²) in [4.78, 5) is 12.2. The number of hydrogen-bond acceptors (Lipinski definition) is 4. The first-order valence-electron chi connectivity index (χ1n) is 9.15. The number of amides is 1. The number of ether oxygens (including phenoxy) is 3. The van der Waals surface area contributed by atoms with Crippen molar-refractivity contribution in [3.05, 3.63) is 77.3 Å². The quantitative estimate of drug-likeness (QED) is 0.452. The smallest absolute Gasteiger partial charge is 0.262 e. The third-order valence-electron chi connectivity index (χ3n) is 4.09. The second-order valence-corrected chi connectivity index (χ2v) is 7.07. The molecular formula is C23H22BrNO4. The van der Waals surface area contributed by atoms with Crippen LogP contribution in [0.4, 0.5) is 5.69 Å². The highest BCUT2D eigenvalue weighted by Crippen LogP contribution is 2.30. The monoisotopic (exact) mass is 455 g/mol.